The lowest BCUT2D eigenvalue weighted by Gasteiger charge is -2.12. The predicted molar refractivity (Wildman–Crippen MR) is 97.5 cm³/mol. The summed E-state index contributed by atoms with van der Waals surface area (Å²) in [5.41, 5.74) is 1.81. The molecule has 0 aromatic heterocycles. The van der Waals surface area contributed by atoms with E-state index in [4.69, 9.17) is 0 Å². The average Bonchev–Trinajstić information content (AvgIpc) is 2.85. The molecule has 1 saturated heterocycles. The first-order valence-electron chi connectivity index (χ1n) is 7.63. The van der Waals surface area contributed by atoms with E-state index in [9.17, 15) is 24.8 Å². The van der Waals surface area contributed by atoms with Crippen molar-refractivity contribution in [2.45, 2.75) is 13.5 Å². The van der Waals surface area contributed by atoms with Gasteiger partial charge in [-0.3, -0.25) is 24.6 Å². The number of nitro benzene ring substituents is 1. The third-order valence-corrected chi connectivity index (χ3v) is 4.74. The van der Waals surface area contributed by atoms with E-state index in [-0.39, 0.29) is 11.4 Å². The lowest BCUT2D eigenvalue weighted by atomic mass is 10.1. The van der Waals surface area contributed by atoms with Gasteiger partial charge in [0.05, 0.1) is 16.4 Å². The Bertz CT molecular complexity index is 937. The number of carbonyl (C=O) groups excluding carboxylic acids is 2. The molecule has 1 aliphatic heterocycles. The van der Waals surface area contributed by atoms with Crippen molar-refractivity contribution in [3.63, 3.8) is 0 Å². The summed E-state index contributed by atoms with van der Waals surface area (Å²) in [7, 11) is 0. The largest absolute Gasteiger partial charge is 0.502 e. The molecule has 8 heteroatoms. The average molecular weight is 370 g/mol. The summed E-state index contributed by atoms with van der Waals surface area (Å²) in [4.78, 5) is 36.2. The quantitative estimate of drug-likeness (QED) is 0.498. The highest BCUT2D eigenvalue weighted by atomic mass is 32.2. The Kier molecular flexibility index (Phi) is 4.77. The van der Waals surface area contributed by atoms with Crippen LogP contribution in [0.5, 0.6) is 5.75 Å². The molecule has 0 aliphatic carbocycles. The summed E-state index contributed by atoms with van der Waals surface area (Å²) in [5, 5.41) is 20.0. The molecule has 2 amide bonds. The molecular formula is C18H14N2O5S. The van der Waals surface area contributed by atoms with E-state index in [2.05, 4.69) is 0 Å². The number of hydrogen-bond donors (Lipinski definition) is 1. The third-order valence-electron chi connectivity index (χ3n) is 3.83. The van der Waals surface area contributed by atoms with Gasteiger partial charge in [0, 0.05) is 6.07 Å². The molecule has 0 bridgehead atoms. The van der Waals surface area contributed by atoms with Crippen molar-refractivity contribution in [2.24, 2.45) is 0 Å². The van der Waals surface area contributed by atoms with Crippen molar-refractivity contribution in [3.8, 4) is 5.75 Å². The molecule has 26 heavy (non-hydrogen) atoms. The van der Waals surface area contributed by atoms with Gasteiger partial charge in [0.15, 0.2) is 5.75 Å². The lowest BCUT2D eigenvalue weighted by Crippen LogP contribution is -2.27. The van der Waals surface area contributed by atoms with Gasteiger partial charge in [-0.25, -0.2) is 0 Å². The normalized spacial score (nSPS) is 15.7. The van der Waals surface area contributed by atoms with Crippen LogP contribution < -0.4 is 0 Å². The maximum atomic E-state index is 12.5. The van der Waals surface area contributed by atoms with Crippen LogP contribution in [-0.2, 0) is 11.3 Å². The van der Waals surface area contributed by atoms with Gasteiger partial charge in [0.25, 0.3) is 11.1 Å². The number of benzene rings is 2. The molecule has 0 spiro atoms. The van der Waals surface area contributed by atoms with E-state index in [0.717, 1.165) is 33.9 Å². The van der Waals surface area contributed by atoms with Gasteiger partial charge < -0.3 is 5.11 Å². The second-order valence-electron chi connectivity index (χ2n) is 5.76. The fourth-order valence-electron chi connectivity index (χ4n) is 2.44. The van der Waals surface area contributed by atoms with Crippen LogP contribution in [0.2, 0.25) is 0 Å². The predicted octanol–water partition coefficient (Wildman–Crippen LogP) is 3.85. The summed E-state index contributed by atoms with van der Waals surface area (Å²) >= 11 is 0.784. The molecule has 0 radical (unpaired) electrons. The smallest absolute Gasteiger partial charge is 0.311 e. The molecule has 2 aromatic carbocycles. The molecule has 1 N–H and O–H groups in total. The van der Waals surface area contributed by atoms with Crippen molar-refractivity contribution < 1.29 is 19.6 Å². The Hall–Kier alpha value is -3.13. The summed E-state index contributed by atoms with van der Waals surface area (Å²) in [6, 6.07) is 11.3. The molecule has 1 fully saturated rings. The zero-order valence-electron chi connectivity index (χ0n) is 13.7. The minimum atomic E-state index is -0.712. The van der Waals surface area contributed by atoms with E-state index in [1.54, 1.807) is 0 Å². The highest BCUT2D eigenvalue weighted by Crippen LogP contribution is 2.34. The van der Waals surface area contributed by atoms with Crippen molar-refractivity contribution in [3.05, 3.63) is 74.2 Å². The highest BCUT2D eigenvalue weighted by Gasteiger charge is 2.35. The Morgan fingerprint density at radius 2 is 1.88 bits per heavy atom. The van der Waals surface area contributed by atoms with Gasteiger partial charge in [-0.05, 0) is 42.0 Å². The molecule has 132 valence electrons. The van der Waals surface area contributed by atoms with E-state index in [0.29, 0.717) is 5.56 Å². The minimum Gasteiger partial charge on any atom is -0.502 e. The standard InChI is InChI=1S/C18H14N2O5S/c1-11-2-4-12(5-3-11)10-19-17(22)16(26-18(19)23)9-13-6-7-15(21)14(8-13)20(24)25/h2-9,21H,10H2,1H3/b16-9-. The van der Waals surface area contributed by atoms with Crippen LogP contribution in [0.4, 0.5) is 10.5 Å². The zero-order chi connectivity index (χ0) is 18.8. The first kappa shape index (κ1) is 17.7. The van der Waals surface area contributed by atoms with E-state index >= 15 is 0 Å². The zero-order valence-corrected chi connectivity index (χ0v) is 14.5. The van der Waals surface area contributed by atoms with Crippen LogP contribution in [0.1, 0.15) is 16.7 Å². The highest BCUT2D eigenvalue weighted by molar-refractivity contribution is 8.18. The number of nitro groups is 1. The van der Waals surface area contributed by atoms with Crippen LogP contribution in [0, 0.1) is 17.0 Å². The number of aryl methyl sites for hydroxylation is 1. The Balaban J connectivity index is 1.84. The molecule has 1 aliphatic rings. The molecular weight excluding hydrogens is 356 g/mol. The summed E-state index contributed by atoms with van der Waals surface area (Å²) in [6.45, 7) is 2.11. The van der Waals surface area contributed by atoms with Gasteiger partial charge in [0.1, 0.15) is 0 Å². The molecule has 7 nitrogen and oxygen atoms in total. The topological polar surface area (TPSA) is 101 Å². The number of hydrogen-bond acceptors (Lipinski definition) is 6. The Morgan fingerprint density at radius 1 is 1.19 bits per heavy atom. The monoisotopic (exact) mass is 370 g/mol. The lowest BCUT2D eigenvalue weighted by molar-refractivity contribution is -0.385. The van der Waals surface area contributed by atoms with Crippen molar-refractivity contribution in [1.82, 2.24) is 4.90 Å². The van der Waals surface area contributed by atoms with Crippen LogP contribution in [-0.4, -0.2) is 26.1 Å². The number of amides is 2. The third kappa shape index (κ3) is 3.60. The number of imide groups is 1. The second kappa shape index (κ2) is 7.01. The number of thioether (sulfide) groups is 1. The van der Waals surface area contributed by atoms with Gasteiger partial charge in [-0.1, -0.05) is 35.9 Å². The fourth-order valence-corrected chi connectivity index (χ4v) is 3.28. The molecule has 1 heterocycles. The van der Waals surface area contributed by atoms with Crippen molar-refractivity contribution in [1.29, 1.82) is 0 Å². The number of carbonyl (C=O) groups is 2. The van der Waals surface area contributed by atoms with E-state index in [1.165, 1.54) is 18.2 Å². The van der Waals surface area contributed by atoms with Crippen LogP contribution >= 0.6 is 11.8 Å². The van der Waals surface area contributed by atoms with Gasteiger partial charge >= 0.3 is 5.69 Å². The van der Waals surface area contributed by atoms with Gasteiger partial charge in [-0.2, -0.15) is 0 Å². The summed E-state index contributed by atoms with van der Waals surface area (Å²) < 4.78 is 0. The maximum Gasteiger partial charge on any atom is 0.311 e. The number of phenols is 1. The molecule has 0 saturated carbocycles. The second-order valence-corrected chi connectivity index (χ2v) is 6.75. The van der Waals surface area contributed by atoms with Crippen molar-refractivity contribution in [2.75, 3.05) is 0 Å². The number of phenolic OH excluding ortho intramolecular Hbond substituents is 1. The van der Waals surface area contributed by atoms with E-state index in [1.807, 2.05) is 31.2 Å². The minimum absolute atomic E-state index is 0.165. The van der Waals surface area contributed by atoms with Crippen LogP contribution in [0.15, 0.2) is 47.4 Å². The van der Waals surface area contributed by atoms with Gasteiger partial charge in [0.2, 0.25) is 0 Å². The van der Waals surface area contributed by atoms with Crippen molar-refractivity contribution >= 4 is 34.7 Å². The SMILES string of the molecule is Cc1ccc(CN2C(=O)S/C(=C\c3ccc(O)c([N+](=O)[O-])c3)C2=O)cc1. The van der Waals surface area contributed by atoms with E-state index < -0.39 is 27.5 Å². The number of rotatable bonds is 4. The first-order valence-corrected chi connectivity index (χ1v) is 8.45. The molecule has 2 aromatic rings. The van der Waals surface area contributed by atoms with Crippen LogP contribution in [0.3, 0.4) is 0 Å². The number of nitrogens with zero attached hydrogens (tertiary/aromatic N) is 2. The fraction of sp³-hybridized carbons (Fsp3) is 0.111. The first-order chi connectivity index (χ1) is 12.3. The molecule has 3 rings (SSSR count). The summed E-state index contributed by atoms with van der Waals surface area (Å²) in [6.07, 6.45) is 1.41. The molecule has 0 atom stereocenters. The van der Waals surface area contributed by atoms with Gasteiger partial charge in [-0.15, -0.1) is 0 Å². The Morgan fingerprint density at radius 3 is 2.54 bits per heavy atom. The van der Waals surface area contributed by atoms with Crippen LogP contribution in [0.25, 0.3) is 6.08 Å². The molecule has 0 unspecified atom stereocenters. The Labute approximate surface area is 153 Å². The maximum absolute atomic E-state index is 12.5. The number of aromatic hydroxyl groups is 1. The summed E-state index contributed by atoms with van der Waals surface area (Å²) in [5.74, 6) is -0.907.